The van der Waals surface area contributed by atoms with Gasteiger partial charge in [0.25, 0.3) is 5.91 Å². The van der Waals surface area contributed by atoms with Crippen LogP contribution >= 0.6 is 15.9 Å². The summed E-state index contributed by atoms with van der Waals surface area (Å²) in [5.74, 6) is -0.251. The summed E-state index contributed by atoms with van der Waals surface area (Å²) in [6, 6.07) is 3.09. The summed E-state index contributed by atoms with van der Waals surface area (Å²) in [5, 5.41) is 8.81. The Morgan fingerprint density at radius 2 is 1.73 bits per heavy atom. The third-order valence-electron chi connectivity index (χ3n) is 3.14. The van der Waals surface area contributed by atoms with Gasteiger partial charge in [0.1, 0.15) is 16.0 Å². The second-order valence-electron chi connectivity index (χ2n) is 4.93. The van der Waals surface area contributed by atoms with Crippen molar-refractivity contribution in [2.45, 2.75) is 26.3 Å². The summed E-state index contributed by atoms with van der Waals surface area (Å²) in [4.78, 5) is 24.9. The van der Waals surface area contributed by atoms with E-state index < -0.39 is 5.97 Å². The van der Waals surface area contributed by atoms with Crippen LogP contribution in [-0.4, -0.2) is 48.7 Å². The molecule has 22 heavy (non-hydrogen) atoms. The molecule has 7 heteroatoms. The van der Waals surface area contributed by atoms with Gasteiger partial charge in [0, 0.05) is 18.2 Å². The highest BCUT2D eigenvalue weighted by Crippen LogP contribution is 2.36. The number of methoxy groups -OCH3 is 2. The number of hydrogen-bond acceptors (Lipinski definition) is 4. The maximum Gasteiger partial charge on any atom is 0.305 e. The third kappa shape index (κ3) is 4.37. The van der Waals surface area contributed by atoms with Gasteiger partial charge in [-0.25, -0.2) is 0 Å². The molecule has 0 radical (unpaired) electrons. The molecule has 0 aliphatic rings. The molecule has 0 spiro atoms. The molecule has 0 aromatic heterocycles. The Bertz CT molecular complexity index is 534. The molecule has 1 N–H and O–H groups in total. The molecule has 0 heterocycles. The number of ether oxygens (including phenoxy) is 2. The van der Waals surface area contributed by atoms with Crippen molar-refractivity contribution in [3.63, 3.8) is 0 Å². The SMILES string of the molecule is COc1cc(C(=O)N(CCC(=O)O)C(C)C)cc(OC)c1Br. The van der Waals surface area contributed by atoms with Crippen molar-refractivity contribution < 1.29 is 24.2 Å². The van der Waals surface area contributed by atoms with E-state index in [-0.39, 0.29) is 24.9 Å². The molecule has 0 aliphatic heterocycles. The molecule has 1 aromatic carbocycles. The summed E-state index contributed by atoms with van der Waals surface area (Å²) in [5.41, 5.74) is 0.385. The fourth-order valence-corrected chi connectivity index (χ4v) is 2.52. The highest BCUT2D eigenvalue weighted by atomic mass is 79.9. The van der Waals surface area contributed by atoms with Gasteiger partial charge in [0.2, 0.25) is 0 Å². The first-order chi connectivity index (χ1) is 10.3. The summed E-state index contributed by atoms with van der Waals surface area (Å²) in [6.45, 7) is 3.83. The predicted octanol–water partition coefficient (Wildman–Crippen LogP) is 2.79. The van der Waals surface area contributed by atoms with Crippen LogP contribution in [0.3, 0.4) is 0 Å². The average molecular weight is 374 g/mol. The lowest BCUT2D eigenvalue weighted by molar-refractivity contribution is -0.137. The van der Waals surface area contributed by atoms with Crippen LogP contribution in [-0.2, 0) is 4.79 Å². The van der Waals surface area contributed by atoms with E-state index in [0.717, 1.165) is 0 Å². The largest absolute Gasteiger partial charge is 0.495 e. The van der Waals surface area contributed by atoms with E-state index >= 15 is 0 Å². The van der Waals surface area contributed by atoms with Gasteiger partial charge in [-0.2, -0.15) is 0 Å². The minimum absolute atomic E-state index is 0.102. The van der Waals surface area contributed by atoms with Crippen molar-refractivity contribution in [1.29, 1.82) is 0 Å². The Morgan fingerprint density at radius 3 is 2.09 bits per heavy atom. The van der Waals surface area contributed by atoms with Crippen LogP contribution in [0.25, 0.3) is 0 Å². The Morgan fingerprint density at radius 1 is 1.23 bits per heavy atom. The second kappa shape index (κ2) is 8.03. The van der Waals surface area contributed by atoms with Gasteiger partial charge in [-0.3, -0.25) is 9.59 Å². The molecule has 0 aliphatic carbocycles. The Balaban J connectivity index is 3.15. The van der Waals surface area contributed by atoms with E-state index in [1.165, 1.54) is 19.1 Å². The molecule has 0 saturated heterocycles. The fourth-order valence-electron chi connectivity index (χ4n) is 1.97. The highest BCUT2D eigenvalue weighted by molar-refractivity contribution is 9.10. The van der Waals surface area contributed by atoms with Crippen LogP contribution in [0.5, 0.6) is 11.5 Å². The summed E-state index contributed by atoms with van der Waals surface area (Å²) < 4.78 is 11.1. The van der Waals surface area contributed by atoms with Crippen LogP contribution in [0, 0.1) is 0 Å². The Labute approximate surface area is 138 Å². The van der Waals surface area contributed by atoms with Gasteiger partial charge < -0.3 is 19.5 Å². The van der Waals surface area contributed by atoms with Gasteiger partial charge in [-0.05, 0) is 41.9 Å². The van der Waals surface area contributed by atoms with Gasteiger partial charge in [0.05, 0.1) is 20.6 Å². The van der Waals surface area contributed by atoms with Crippen LogP contribution in [0.4, 0.5) is 0 Å². The topological polar surface area (TPSA) is 76.1 Å². The molecular formula is C15H20BrNO5. The lowest BCUT2D eigenvalue weighted by Gasteiger charge is -2.26. The molecule has 0 saturated carbocycles. The van der Waals surface area contributed by atoms with Gasteiger partial charge >= 0.3 is 5.97 Å². The predicted molar refractivity (Wildman–Crippen MR) is 85.7 cm³/mol. The quantitative estimate of drug-likeness (QED) is 0.794. The normalized spacial score (nSPS) is 10.5. The first-order valence-electron chi connectivity index (χ1n) is 6.76. The number of carbonyl (C=O) groups is 2. The minimum atomic E-state index is -0.940. The molecular weight excluding hydrogens is 354 g/mol. The first-order valence-corrected chi connectivity index (χ1v) is 7.55. The number of carboxylic acids is 1. The van der Waals surface area contributed by atoms with Crippen molar-refractivity contribution in [1.82, 2.24) is 4.90 Å². The zero-order valence-electron chi connectivity index (χ0n) is 13.1. The molecule has 0 unspecified atom stereocenters. The maximum atomic E-state index is 12.7. The first kappa shape index (κ1) is 18.3. The van der Waals surface area contributed by atoms with Crippen molar-refractivity contribution in [2.24, 2.45) is 0 Å². The number of carboxylic acid groups (broad SMARTS) is 1. The second-order valence-corrected chi connectivity index (χ2v) is 5.72. The van der Waals surface area contributed by atoms with Crippen molar-refractivity contribution in [3.05, 3.63) is 22.2 Å². The number of hydrogen-bond donors (Lipinski definition) is 1. The number of nitrogens with zero attached hydrogens (tertiary/aromatic N) is 1. The fraction of sp³-hybridized carbons (Fsp3) is 0.467. The summed E-state index contributed by atoms with van der Waals surface area (Å²) >= 11 is 3.35. The zero-order valence-corrected chi connectivity index (χ0v) is 14.6. The number of rotatable bonds is 7. The minimum Gasteiger partial charge on any atom is -0.495 e. The number of halogens is 1. The molecule has 1 aromatic rings. The third-order valence-corrected chi connectivity index (χ3v) is 3.92. The van der Waals surface area contributed by atoms with E-state index in [1.54, 1.807) is 12.1 Å². The maximum absolute atomic E-state index is 12.7. The number of carbonyl (C=O) groups excluding carboxylic acids is 1. The number of amides is 1. The van der Waals surface area contributed by atoms with Gasteiger partial charge in [0.15, 0.2) is 0 Å². The highest BCUT2D eigenvalue weighted by Gasteiger charge is 2.22. The number of aliphatic carboxylic acids is 1. The monoisotopic (exact) mass is 373 g/mol. The molecule has 122 valence electrons. The van der Waals surface area contributed by atoms with Crippen LogP contribution in [0.1, 0.15) is 30.6 Å². The lowest BCUT2D eigenvalue weighted by Crippen LogP contribution is -2.38. The van der Waals surface area contributed by atoms with Crippen LogP contribution < -0.4 is 9.47 Å². The molecule has 6 nitrogen and oxygen atoms in total. The van der Waals surface area contributed by atoms with E-state index in [0.29, 0.717) is 21.5 Å². The van der Waals surface area contributed by atoms with E-state index in [4.69, 9.17) is 14.6 Å². The van der Waals surface area contributed by atoms with Gasteiger partial charge in [-0.15, -0.1) is 0 Å². The molecule has 0 bridgehead atoms. The molecule has 1 amide bonds. The van der Waals surface area contributed by atoms with Crippen LogP contribution in [0.2, 0.25) is 0 Å². The average Bonchev–Trinajstić information content (AvgIpc) is 2.46. The van der Waals surface area contributed by atoms with E-state index in [2.05, 4.69) is 15.9 Å². The molecule has 0 atom stereocenters. The summed E-state index contributed by atoms with van der Waals surface area (Å²) in [7, 11) is 3.00. The Hall–Kier alpha value is -1.76. The Kier molecular flexibility index (Phi) is 6.67. The van der Waals surface area contributed by atoms with Crippen molar-refractivity contribution in [3.8, 4) is 11.5 Å². The smallest absolute Gasteiger partial charge is 0.305 e. The van der Waals surface area contributed by atoms with E-state index in [1.807, 2.05) is 13.8 Å². The molecule has 1 rings (SSSR count). The summed E-state index contributed by atoms with van der Waals surface area (Å²) in [6.07, 6.45) is -0.102. The zero-order chi connectivity index (χ0) is 16.9. The van der Waals surface area contributed by atoms with Crippen molar-refractivity contribution in [2.75, 3.05) is 20.8 Å². The van der Waals surface area contributed by atoms with Crippen molar-refractivity contribution >= 4 is 27.8 Å². The number of benzene rings is 1. The standard InChI is InChI=1S/C15H20BrNO5/c1-9(2)17(6-5-13(18)19)15(20)10-7-11(21-3)14(16)12(8-10)22-4/h7-9H,5-6H2,1-4H3,(H,18,19). The molecule has 0 fully saturated rings. The van der Waals surface area contributed by atoms with Gasteiger partial charge in [-0.1, -0.05) is 0 Å². The van der Waals surface area contributed by atoms with Crippen LogP contribution in [0.15, 0.2) is 16.6 Å². The van der Waals surface area contributed by atoms with E-state index in [9.17, 15) is 9.59 Å². The lowest BCUT2D eigenvalue weighted by atomic mass is 10.1.